The highest BCUT2D eigenvalue weighted by atomic mass is 16.3. The van der Waals surface area contributed by atoms with Gasteiger partial charge in [-0.05, 0) is 43.5 Å². The van der Waals surface area contributed by atoms with Gasteiger partial charge in [0.15, 0.2) is 5.82 Å². The van der Waals surface area contributed by atoms with Gasteiger partial charge in [0.2, 0.25) is 0 Å². The summed E-state index contributed by atoms with van der Waals surface area (Å²) >= 11 is 0. The van der Waals surface area contributed by atoms with Crippen LogP contribution < -0.4 is 5.73 Å². The highest BCUT2D eigenvalue weighted by molar-refractivity contribution is 5.56. The molecule has 1 heterocycles. The van der Waals surface area contributed by atoms with Crippen LogP contribution in [0.4, 0.5) is 0 Å². The van der Waals surface area contributed by atoms with Crippen LogP contribution in [0.15, 0.2) is 30.5 Å². The largest absolute Gasteiger partial charge is 0.508 e. The van der Waals surface area contributed by atoms with E-state index >= 15 is 0 Å². The number of nitrogens with two attached hydrogens (primary N) is 1. The number of rotatable bonds is 1. The van der Waals surface area contributed by atoms with E-state index in [2.05, 4.69) is 9.97 Å². The predicted octanol–water partition coefficient (Wildman–Crippen LogP) is 2.19. The molecular weight excluding hydrogens is 226 g/mol. The Morgan fingerprint density at radius 2 is 2.00 bits per heavy atom. The molecule has 2 aromatic rings. The van der Waals surface area contributed by atoms with E-state index in [4.69, 9.17) is 5.73 Å². The molecule has 4 heteroatoms. The zero-order valence-electron chi connectivity index (χ0n) is 10.0. The molecule has 0 saturated carbocycles. The average Bonchev–Trinajstić information content (AvgIpc) is 2.39. The fourth-order valence-electron chi connectivity index (χ4n) is 2.33. The van der Waals surface area contributed by atoms with Gasteiger partial charge >= 0.3 is 0 Å². The van der Waals surface area contributed by atoms with E-state index in [1.165, 1.54) is 0 Å². The summed E-state index contributed by atoms with van der Waals surface area (Å²) in [6.45, 7) is 0. The molecule has 3 N–H and O–H groups in total. The van der Waals surface area contributed by atoms with Gasteiger partial charge in [-0.15, -0.1) is 0 Å². The molecule has 18 heavy (non-hydrogen) atoms. The van der Waals surface area contributed by atoms with Crippen molar-refractivity contribution in [3.05, 3.63) is 41.7 Å². The molecule has 0 saturated heterocycles. The molecular formula is C14H15N3O. The number of aromatic nitrogens is 2. The van der Waals surface area contributed by atoms with Gasteiger partial charge in [0.25, 0.3) is 0 Å². The molecule has 0 spiro atoms. The summed E-state index contributed by atoms with van der Waals surface area (Å²) < 4.78 is 0. The molecule has 1 atom stereocenters. The van der Waals surface area contributed by atoms with E-state index in [9.17, 15) is 5.11 Å². The smallest absolute Gasteiger partial charge is 0.159 e. The molecule has 0 fully saturated rings. The Balaban J connectivity index is 2.01. The first kappa shape index (κ1) is 11.2. The Kier molecular flexibility index (Phi) is 2.72. The summed E-state index contributed by atoms with van der Waals surface area (Å²) in [5.74, 6) is 0.946. The van der Waals surface area contributed by atoms with Gasteiger partial charge in [-0.1, -0.05) is 0 Å². The molecule has 4 nitrogen and oxygen atoms in total. The number of benzene rings is 1. The average molecular weight is 241 g/mol. The molecule has 0 aliphatic heterocycles. The van der Waals surface area contributed by atoms with Crippen molar-refractivity contribution in [3.8, 4) is 17.1 Å². The summed E-state index contributed by atoms with van der Waals surface area (Å²) in [6, 6.07) is 7.00. The summed E-state index contributed by atoms with van der Waals surface area (Å²) in [7, 11) is 0. The van der Waals surface area contributed by atoms with E-state index in [-0.39, 0.29) is 11.8 Å². The molecule has 1 aliphatic carbocycles. The number of nitrogens with zero attached hydrogens (tertiary/aromatic N) is 2. The topological polar surface area (TPSA) is 72.0 Å². The van der Waals surface area contributed by atoms with E-state index in [0.717, 1.165) is 36.1 Å². The minimum Gasteiger partial charge on any atom is -0.508 e. The first-order chi connectivity index (χ1) is 8.74. The van der Waals surface area contributed by atoms with E-state index in [0.29, 0.717) is 5.82 Å². The van der Waals surface area contributed by atoms with Crippen LogP contribution in [0.3, 0.4) is 0 Å². The number of fused-ring (bicyclic) bond motifs is 1. The molecule has 92 valence electrons. The molecule has 0 bridgehead atoms. The second-order valence-corrected chi connectivity index (χ2v) is 4.64. The van der Waals surface area contributed by atoms with Gasteiger partial charge in [0.05, 0.1) is 0 Å². The third-order valence-electron chi connectivity index (χ3n) is 3.35. The second kappa shape index (κ2) is 4.38. The maximum Gasteiger partial charge on any atom is 0.159 e. The quantitative estimate of drug-likeness (QED) is 0.802. The van der Waals surface area contributed by atoms with Crippen LogP contribution >= 0.6 is 0 Å². The lowest BCUT2D eigenvalue weighted by molar-refractivity contribution is 0.475. The van der Waals surface area contributed by atoms with Crippen LogP contribution in [-0.4, -0.2) is 15.1 Å². The second-order valence-electron chi connectivity index (χ2n) is 4.64. The van der Waals surface area contributed by atoms with Crippen LogP contribution in [0, 0.1) is 0 Å². The lowest BCUT2D eigenvalue weighted by Gasteiger charge is -2.21. The van der Waals surface area contributed by atoms with Crippen molar-refractivity contribution < 1.29 is 5.11 Å². The Morgan fingerprint density at radius 1 is 1.22 bits per heavy atom. The molecule has 1 aromatic heterocycles. The molecule has 0 amide bonds. The van der Waals surface area contributed by atoms with Crippen molar-refractivity contribution >= 4 is 0 Å². The number of aromatic hydroxyl groups is 1. The number of phenolic OH excluding ortho intramolecular Hbond substituents is 1. The summed E-state index contributed by atoms with van der Waals surface area (Å²) in [5, 5.41) is 9.27. The van der Waals surface area contributed by atoms with E-state index in [1.54, 1.807) is 12.1 Å². The van der Waals surface area contributed by atoms with Crippen molar-refractivity contribution in [3.63, 3.8) is 0 Å². The maximum atomic E-state index is 9.27. The highest BCUT2D eigenvalue weighted by Crippen LogP contribution is 2.28. The van der Waals surface area contributed by atoms with Gasteiger partial charge in [-0.25, -0.2) is 9.97 Å². The first-order valence-electron chi connectivity index (χ1n) is 6.15. The summed E-state index contributed by atoms with van der Waals surface area (Å²) in [4.78, 5) is 8.96. The van der Waals surface area contributed by atoms with Gasteiger partial charge in [-0.2, -0.15) is 0 Å². The van der Waals surface area contributed by atoms with Crippen LogP contribution in [0.2, 0.25) is 0 Å². The Morgan fingerprint density at radius 3 is 2.78 bits per heavy atom. The van der Waals surface area contributed by atoms with E-state index < -0.39 is 0 Å². The third kappa shape index (κ3) is 1.95. The minimum atomic E-state index is 0.0719. The number of phenols is 1. The fraction of sp³-hybridized carbons (Fsp3) is 0.286. The normalized spacial score (nSPS) is 18.4. The third-order valence-corrected chi connectivity index (χ3v) is 3.35. The van der Waals surface area contributed by atoms with E-state index in [1.807, 2.05) is 18.3 Å². The Hall–Kier alpha value is -1.94. The minimum absolute atomic E-state index is 0.0719. The van der Waals surface area contributed by atoms with Crippen LogP contribution in [0.5, 0.6) is 5.75 Å². The van der Waals surface area contributed by atoms with Crippen LogP contribution in [-0.2, 0) is 6.42 Å². The molecule has 1 unspecified atom stereocenters. The number of hydrogen-bond acceptors (Lipinski definition) is 4. The summed E-state index contributed by atoms with van der Waals surface area (Å²) in [6.07, 6.45) is 4.90. The molecule has 1 aliphatic rings. The Labute approximate surface area is 106 Å². The zero-order valence-corrected chi connectivity index (χ0v) is 10.0. The predicted molar refractivity (Wildman–Crippen MR) is 69.0 cm³/mol. The lowest BCUT2D eigenvalue weighted by atomic mass is 9.93. The van der Waals surface area contributed by atoms with Gasteiger partial charge in [0.1, 0.15) is 5.75 Å². The standard InChI is InChI=1S/C14H15N3O/c15-12-2-1-3-13-11(12)8-16-14(17-13)9-4-6-10(18)7-5-9/h4-8,12,18H,1-3,15H2. The van der Waals surface area contributed by atoms with Crippen LogP contribution in [0.1, 0.15) is 30.1 Å². The van der Waals surface area contributed by atoms with Crippen molar-refractivity contribution in [2.45, 2.75) is 25.3 Å². The molecule has 1 aromatic carbocycles. The van der Waals surface area contributed by atoms with Crippen molar-refractivity contribution in [1.29, 1.82) is 0 Å². The highest BCUT2D eigenvalue weighted by Gasteiger charge is 2.19. The number of aryl methyl sites for hydroxylation is 1. The van der Waals surface area contributed by atoms with Gasteiger partial charge in [-0.3, -0.25) is 0 Å². The molecule has 0 radical (unpaired) electrons. The SMILES string of the molecule is NC1CCCc2nc(-c3ccc(O)cc3)ncc21. The van der Waals surface area contributed by atoms with Gasteiger partial charge < -0.3 is 10.8 Å². The van der Waals surface area contributed by atoms with Crippen molar-refractivity contribution in [2.24, 2.45) is 5.73 Å². The van der Waals surface area contributed by atoms with Crippen LogP contribution in [0.25, 0.3) is 11.4 Å². The fourth-order valence-corrected chi connectivity index (χ4v) is 2.33. The monoisotopic (exact) mass is 241 g/mol. The zero-order chi connectivity index (χ0) is 12.5. The lowest BCUT2D eigenvalue weighted by Crippen LogP contribution is -2.19. The number of hydrogen-bond donors (Lipinski definition) is 2. The summed E-state index contributed by atoms with van der Waals surface area (Å²) in [5.41, 5.74) is 9.09. The first-order valence-corrected chi connectivity index (χ1v) is 6.15. The molecule has 3 rings (SSSR count). The Bertz CT molecular complexity index is 566. The van der Waals surface area contributed by atoms with Crippen molar-refractivity contribution in [1.82, 2.24) is 9.97 Å². The maximum absolute atomic E-state index is 9.27. The van der Waals surface area contributed by atoms with Gasteiger partial charge in [0, 0.05) is 29.1 Å². The van der Waals surface area contributed by atoms with Crippen molar-refractivity contribution in [2.75, 3.05) is 0 Å².